The van der Waals surface area contributed by atoms with Crippen molar-refractivity contribution in [2.24, 2.45) is 0 Å². The van der Waals surface area contributed by atoms with E-state index in [-0.39, 0.29) is 6.04 Å². The third kappa shape index (κ3) is 2.40. The minimum absolute atomic E-state index is 0.163. The smallest absolute Gasteiger partial charge is 0.139 e. The highest BCUT2D eigenvalue weighted by Gasteiger charge is 2.21. The third-order valence-corrected chi connectivity index (χ3v) is 6.41. The maximum atomic E-state index is 4.52. The van der Waals surface area contributed by atoms with Crippen molar-refractivity contribution < 1.29 is 0 Å². The van der Waals surface area contributed by atoms with E-state index in [9.17, 15) is 0 Å². The van der Waals surface area contributed by atoms with E-state index in [0.29, 0.717) is 0 Å². The van der Waals surface area contributed by atoms with Crippen LogP contribution in [-0.4, -0.2) is 15.0 Å². The lowest BCUT2D eigenvalue weighted by molar-refractivity contribution is 0.700. The molecule has 22 heavy (non-hydrogen) atoms. The Hall–Kier alpha value is -1.53. The van der Waals surface area contributed by atoms with Gasteiger partial charge in [-0.15, -0.1) is 22.7 Å². The Bertz CT molecular complexity index is 821. The van der Waals surface area contributed by atoms with Crippen LogP contribution >= 0.6 is 22.7 Å². The SMILES string of the molecule is Cc1cnc(C(C)Nc2ncnc3sc4c(c23)CCCC4)s1. The molecule has 3 aromatic heterocycles. The Morgan fingerprint density at radius 1 is 1.14 bits per heavy atom. The number of thiophene rings is 1. The maximum Gasteiger partial charge on any atom is 0.139 e. The molecule has 0 saturated carbocycles. The highest BCUT2D eigenvalue weighted by atomic mass is 32.1. The number of nitrogens with one attached hydrogen (secondary N) is 1. The summed E-state index contributed by atoms with van der Waals surface area (Å²) in [5.74, 6) is 0.963. The van der Waals surface area contributed by atoms with E-state index in [0.717, 1.165) is 22.1 Å². The molecular formula is C16H18N4S2. The molecule has 0 aromatic carbocycles. The highest BCUT2D eigenvalue weighted by Crippen LogP contribution is 2.39. The first kappa shape index (κ1) is 14.1. The molecule has 0 spiro atoms. The van der Waals surface area contributed by atoms with Gasteiger partial charge in [-0.05, 0) is 45.1 Å². The molecule has 4 nitrogen and oxygen atoms in total. The second-order valence-corrected chi connectivity index (χ2v) is 8.14. The van der Waals surface area contributed by atoms with Gasteiger partial charge in [0.1, 0.15) is 22.0 Å². The number of hydrogen-bond donors (Lipinski definition) is 1. The zero-order valence-electron chi connectivity index (χ0n) is 12.7. The lowest BCUT2D eigenvalue weighted by Crippen LogP contribution is -2.09. The molecular weight excluding hydrogens is 312 g/mol. The average Bonchev–Trinajstić information content (AvgIpc) is 3.11. The Balaban J connectivity index is 1.73. The lowest BCUT2D eigenvalue weighted by Gasteiger charge is -2.15. The molecule has 0 bridgehead atoms. The molecule has 0 radical (unpaired) electrons. The predicted molar refractivity (Wildman–Crippen MR) is 92.9 cm³/mol. The van der Waals surface area contributed by atoms with E-state index in [4.69, 9.17) is 0 Å². The summed E-state index contributed by atoms with van der Waals surface area (Å²) in [6.45, 7) is 4.23. The maximum absolute atomic E-state index is 4.52. The van der Waals surface area contributed by atoms with Crippen molar-refractivity contribution in [2.75, 3.05) is 5.32 Å². The van der Waals surface area contributed by atoms with Crippen LogP contribution in [0.5, 0.6) is 0 Å². The lowest BCUT2D eigenvalue weighted by atomic mass is 9.97. The van der Waals surface area contributed by atoms with Gasteiger partial charge in [-0.3, -0.25) is 0 Å². The Morgan fingerprint density at radius 3 is 2.82 bits per heavy atom. The summed E-state index contributed by atoms with van der Waals surface area (Å²) in [7, 11) is 0. The molecule has 1 N–H and O–H groups in total. The van der Waals surface area contributed by atoms with Gasteiger partial charge in [0.05, 0.1) is 11.4 Å². The van der Waals surface area contributed by atoms with E-state index in [2.05, 4.69) is 34.1 Å². The molecule has 0 aliphatic heterocycles. The Kier molecular flexibility index (Phi) is 3.58. The van der Waals surface area contributed by atoms with Crippen LogP contribution < -0.4 is 5.32 Å². The van der Waals surface area contributed by atoms with E-state index in [1.165, 1.54) is 40.0 Å². The molecule has 0 fully saturated rings. The van der Waals surface area contributed by atoms with Crippen LogP contribution in [0.3, 0.4) is 0 Å². The Morgan fingerprint density at radius 2 is 2.00 bits per heavy atom. The van der Waals surface area contributed by atoms with Crippen molar-refractivity contribution in [1.29, 1.82) is 0 Å². The molecule has 1 aliphatic carbocycles. The summed E-state index contributed by atoms with van der Waals surface area (Å²) in [4.78, 5) is 17.3. The summed E-state index contributed by atoms with van der Waals surface area (Å²) in [6.07, 6.45) is 8.52. The Labute approximate surface area is 137 Å². The number of fused-ring (bicyclic) bond motifs is 3. The predicted octanol–water partition coefficient (Wildman–Crippen LogP) is 4.51. The molecule has 0 saturated heterocycles. The topological polar surface area (TPSA) is 50.7 Å². The molecule has 4 rings (SSSR count). The van der Waals surface area contributed by atoms with E-state index in [1.54, 1.807) is 17.7 Å². The van der Waals surface area contributed by atoms with Gasteiger partial charge in [0.25, 0.3) is 0 Å². The van der Waals surface area contributed by atoms with Gasteiger partial charge in [0, 0.05) is 16.0 Å². The number of thiazole rings is 1. The van der Waals surface area contributed by atoms with Crippen molar-refractivity contribution in [3.63, 3.8) is 0 Å². The molecule has 6 heteroatoms. The van der Waals surface area contributed by atoms with Crippen LogP contribution in [0.25, 0.3) is 10.2 Å². The molecule has 1 unspecified atom stereocenters. The van der Waals surface area contributed by atoms with E-state index >= 15 is 0 Å². The fourth-order valence-corrected chi connectivity index (χ4v) is 5.04. The van der Waals surface area contributed by atoms with Crippen molar-refractivity contribution in [2.45, 2.75) is 45.6 Å². The summed E-state index contributed by atoms with van der Waals surface area (Å²) in [5, 5.41) is 5.90. The fourth-order valence-electron chi connectivity index (χ4n) is 3.04. The fraction of sp³-hybridized carbons (Fsp3) is 0.438. The highest BCUT2D eigenvalue weighted by molar-refractivity contribution is 7.19. The summed E-state index contributed by atoms with van der Waals surface area (Å²) >= 11 is 3.57. The first-order valence-corrected chi connectivity index (χ1v) is 9.30. The largest absolute Gasteiger partial charge is 0.360 e. The third-order valence-electron chi connectivity index (χ3n) is 4.11. The van der Waals surface area contributed by atoms with Gasteiger partial charge >= 0.3 is 0 Å². The number of hydrogen-bond acceptors (Lipinski definition) is 6. The minimum atomic E-state index is 0.163. The van der Waals surface area contributed by atoms with Gasteiger partial charge < -0.3 is 5.32 Å². The van der Waals surface area contributed by atoms with Crippen LogP contribution in [0.1, 0.15) is 46.1 Å². The van der Waals surface area contributed by atoms with Crippen molar-refractivity contribution in [3.8, 4) is 0 Å². The standard InChI is InChI=1S/C16H18N4S2/c1-9-7-17-15(21-9)10(2)20-14-13-11-5-3-4-6-12(11)22-16(13)19-8-18-14/h7-8,10H,3-6H2,1-2H3,(H,18,19,20). The number of anilines is 1. The molecule has 0 amide bonds. The molecule has 1 atom stereocenters. The van der Waals surface area contributed by atoms with Gasteiger partial charge in [-0.25, -0.2) is 15.0 Å². The second-order valence-electron chi connectivity index (χ2n) is 5.79. The molecule has 114 valence electrons. The molecule has 3 aromatic rings. The van der Waals surface area contributed by atoms with Crippen LogP contribution in [0.15, 0.2) is 12.5 Å². The molecule has 1 aliphatic rings. The summed E-state index contributed by atoms with van der Waals surface area (Å²) in [6, 6.07) is 0.163. The van der Waals surface area contributed by atoms with E-state index < -0.39 is 0 Å². The zero-order chi connectivity index (χ0) is 15.1. The zero-order valence-corrected chi connectivity index (χ0v) is 14.4. The van der Waals surface area contributed by atoms with Crippen LogP contribution in [-0.2, 0) is 12.8 Å². The normalized spacial score (nSPS) is 15.7. The van der Waals surface area contributed by atoms with E-state index in [1.807, 2.05) is 17.5 Å². The van der Waals surface area contributed by atoms with Crippen molar-refractivity contribution >= 4 is 38.7 Å². The van der Waals surface area contributed by atoms with Crippen molar-refractivity contribution in [1.82, 2.24) is 15.0 Å². The number of aryl methyl sites for hydroxylation is 3. The first-order valence-electron chi connectivity index (χ1n) is 7.66. The minimum Gasteiger partial charge on any atom is -0.360 e. The van der Waals surface area contributed by atoms with Crippen LogP contribution in [0.4, 0.5) is 5.82 Å². The number of nitrogens with zero attached hydrogens (tertiary/aromatic N) is 3. The summed E-state index contributed by atoms with van der Waals surface area (Å²) in [5.41, 5.74) is 1.47. The monoisotopic (exact) mass is 330 g/mol. The van der Waals surface area contributed by atoms with Gasteiger partial charge in [-0.1, -0.05) is 0 Å². The van der Waals surface area contributed by atoms with Crippen LogP contribution in [0, 0.1) is 6.92 Å². The second kappa shape index (κ2) is 5.59. The quantitative estimate of drug-likeness (QED) is 0.768. The first-order chi connectivity index (χ1) is 10.7. The average molecular weight is 330 g/mol. The van der Waals surface area contributed by atoms with Gasteiger partial charge in [-0.2, -0.15) is 0 Å². The van der Waals surface area contributed by atoms with Gasteiger partial charge in [0.2, 0.25) is 0 Å². The van der Waals surface area contributed by atoms with Crippen molar-refractivity contribution in [3.05, 3.63) is 32.8 Å². The molecule has 3 heterocycles. The summed E-state index contributed by atoms with van der Waals surface area (Å²) < 4.78 is 0. The van der Waals surface area contributed by atoms with Crippen LogP contribution in [0.2, 0.25) is 0 Å². The van der Waals surface area contributed by atoms with Gasteiger partial charge in [0.15, 0.2) is 0 Å². The number of rotatable bonds is 3. The number of aromatic nitrogens is 3.